The summed E-state index contributed by atoms with van der Waals surface area (Å²) in [4.78, 5) is 0. The van der Waals surface area contributed by atoms with Gasteiger partial charge in [0, 0.05) is 11.7 Å². The van der Waals surface area contributed by atoms with E-state index in [1.165, 1.54) is 24.8 Å². The fraction of sp³-hybridized carbons (Fsp3) is 0.500. The van der Waals surface area contributed by atoms with Gasteiger partial charge >= 0.3 is 0 Å². The Labute approximate surface area is 85.3 Å². The van der Waals surface area contributed by atoms with Crippen molar-refractivity contribution in [1.82, 2.24) is 0 Å². The summed E-state index contributed by atoms with van der Waals surface area (Å²) in [6.45, 7) is 2.05. The Morgan fingerprint density at radius 3 is 2.57 bits per heavy atom. The number of aryl methyl sites for hydroxylation is 1. The molecule has 2 heteroatoms. The van der Waals surface area contributed by atoms with Gasteiger partial charge < -0.3 is 11.5 Å². The summed E-state index contributed by atoms with van der Waals surface area (Å²) in [6.07, 6.45) is 3.84. The number of hydrogen-bond donors (Lipinski definition) is 2. The quantitative estimate of drug-likeness (QED) is 0.703. The van der Waals surface area contributed by atoms with E-state index in [1.54, 1.807) is 0 Å². The van der Waals surface area contributed by atoms with E-state index >= 15 is 0 Å². The van der Waals surface area contributed by atoms with Gasteiger partial charge in [-0.25, -0.2) is 0 Å². The molecule has 0 aliphatic heterocycles. The number of anilines is 1. The minimum absolute atomic E-state index is 0.143. The van der Waals surface area contributed by atoms with E-state index in [0.29, 0.717) is 5.92 Å². The van der Waals surface area contributed by atoms with Crippen LogP contribution in [0, 0.1) is 12.8 Å². The predicted octanol–water partition coefficient (Wildman–Crippen LogP) is 2.38. The fourth-order valence-corrected chi connectivity index (χ4v) is 2.05. The van der Waals surface area contributed by atoms with Crippen LogP contribution in [-0.4, -0.2) is 0 Å². The molecule has 0 spiro atoms. The first-order chi connectivity index (χ1) is 6.68. The SMILES string of the molecule is Cc1ccc([C@H](N)C2CCC2)c(N)c1. The monoisotopic (exact) mass is 190 g/mol. The third-order valence-electron chi connectivity index (χ3n) is 3.26. The zero-order chi connectivity index (χ0) is 10.1. The van der Waals surface area contributed by atoms with Gasteiger partial charge in [-0.3, -0.25) is 0 Å². The summed E-state index contributed by atoms with van der Waals surface area (Å²) in [6, 6.07) is 6.32. The van der Waals surface area contributed by atoms with Crippen molar-refractivity contribution in [2.24, 2.45) is 11.7 Å². The van der Waals surface area contributed by atoms with E-state index in [1.807, 2.05) is 6.07 Å². The van der Waals surface area contributed by atoms with E-state index in [4.69, 9.17) is 11.5 Å². The highest BCUT2D eigenvalue weighted by Crippen LogP contribution is 2.37. The fourth-order valence-electron chi connectivity index (χ4n) is 2.05. The van der Waals surface area contributed by atoms with Crippen LogP contribution in [0.5, 0.6) is 0 Å². The Kier molecular flexibility index (Phi) is 2.46. The highest BCUT2D eigenvalue weighted by atomic mass is 14.7. The molecular weight excluding hydrogens is 172 g/mol. The second-order valence-corrected chi connectivity index (χ2v) is 4.35. The van der Waals surface area contributed by atoms with Crippen molar-refractivity contribution in [3.63, 3.8) is 0 Å². The molecule has 0 amide bonds. The van der Waals surface area contributed by atoms with Gasteiger partial charge in [0.25, 0.3) is 0 Å². The summed E-state index contributed by atoms with van der Waals surface area (Å²) in [5, 5.41) is 0. The van der Waals surface area contributed by atoms with Crippen LogP contribution in [0.15, 0.2) is 18.2 Å². The van der Waals surface area contributed by atoms with Crippen molar-refractivity contribution >= 4 is 5.69 Å². The van der Waals surface area contributed by atoms with Crippen molar-refractivity contribution < 1.29 is 0 Å². The summed E-state index contributed by atoms with van der Waals surface area (Å²) in [7, 11) is 0. The summed E-state index contributed by atoms with van der Waals surface area (Å²) in [5.41, 5.74) is 15.3. The van der Waals surface area contributed by atoms with Gasteiger partial charge in [0.15, 0.2) is 0 Å². The Balaban J connectivity index is 2.22. The van der Waals surface area contributed by atoms with Gasteiger partial charge in [-0.2, -0.15) is 0 Å². The smallest absolute Gasteiger partial charge is 0.0365 e. The van der Waals surface area contributed by atoms with Crippen molar-refractivity contribution in [3.05, 3.63) is 29.3 Å². The molecule has 1 saturated carbocycles. The van der Waals surface area contributed by atoms with Gasteiger partial charge in [0.2, 0.25) is 0 Å². The van der Waals surface area contributed by atoms with Crippen LogP contribution in [0.2, 0.25) is 0 Å². The maximum Gasteiger partial charge on any atom is 0.0365 e. The van der Waals surface area contributed by atoms with Crippen LogP contribution in [-0.2, 0) is 0 Å². The van der Waals surface area contributed by atoms with Gasteiger partial charge in [0.1, 0.15) is 0 Å². The number of rotatable bonds is 2. The number of benzene rings is 1. The second kappa shape index (κ2) is 3.62. The molecule has 0 unspecified atom stereocenters. The van der Waals surface area contributed by atoms with E-state index in [9.17, 15) is 0 Å². The number of hydrogen-bond acceptors (Lipinski definition) is 2. The van der Waals surface area contributed by atoms with Crippen LogP contribution in [0.3, 0.4) is 0 Å². The van der Waals surface area contributed by atoms with Gasteiger partial charge in [-0.15, -0.1) is 0 Å². The molecule has 1 aromatic rings. The van der Waals surface area contributed by atoms with E-state index in [-0.39, 0.29) is 6.04 Å². The standard InChI is InChI=1S/C12H18N2/c1-8-5-6-10(11(13)7-8)12(14)9-3-2-4-9/h5-7,9,12H,2-4,13-14H2,1H3/t12-/m1/s1. The van der Waals surface area contributed by atoms with Gasteiger partial charge in [0.05, 0.1) is 0 Å². The summed E-state index contributed by atoms with van der Waals surface area (Å²) in [5.74, 6) is 0.653. The topological polar surface area (TPSA) is 52.0 Å². The maximum atomic E-state index is 6.17. The van der Waals surface area contributed by atoms with Crippen molar-refractivity contribution in [3.8, 4) is 0 Å². The largest absolute Gasteiger partial charge is 0.398 e. The third-order valence-corrected chi connectivity index (χ3v) is 3.26. The lowest BCUT2D eigenvalue weighted by molar-refractivity contribution is 0.265. The second-order valence-electron chi connectivity index (χ2n) is 4.35. The van der Waals surface area contributed by atoms with Crippen LogP contribution < -0.4 is 11.5 Å². The molecule has 2 nitrogen and oxygen atoms in total. The number of nitrogens with two attached hydrogens (primary N) is 2. The van der Waals surface area contributed by atoms with Crippen LogP contribution in [0.4, 0.5) is 5.69 Å². The molecule has 1 aromatic carbocycles. The molecule has 2 rings (SSSR count). The Hall–Kier alpha value is -1.02. The van der Waals surface area contributed by atoms with E-state index in [2.05, 4.69) is 19.1 Å². The third kappa shape index (κ3) is 1.62. The first-order valence-corrected chi connectivity index (χ1v) is 5.30. The summed E-state index contributed by atoms with van der Waals surface area (Å²) < 4.78 is 0. The minimum Gasteiger partial charge on any atom is -0.398 e. The molecule has 0 saturated heterocycles. The molecule has 1 fully saturated rings. The first kappa shape index (κ1) is 9.53. The normalized spacial score (nSPS) is 19.0. The number of nitrogen functional groups attached to an aromatic ring is 1. The molecule has 0 heterocycles. The molecule has 4 N–H and O–H groups in total. The van der Waals surface area contributed by atoms with Gasteiger partial charge in [-0.05, 0) is 42.9 Å². The zero-order valence-electron chi connectivity index (χ0n) is 8.66. The van der Waals surface area contributed by atoms with Crippen molar-refractivity contribution in [2.45, 2.75) is 32.2 Å². The van der Waals surface area contributed by atoms with E-state index < -0.39 is 0 Å². The maximum absolute atomic E-state index is 6.17. The Morgan fingerprint density at radius 2 is 2.07 bits per heavy atom. The lowest BCUT2D eigenvalue weighted by Gasteiger charge is -2.32. The molecule has 0 aromatic heterocycles. The average molecular weight is 190 g/mol. The molecular formula is C12H18N2. The highest BCUT2D eigenvalue weighted by molar-refractivity contribution is 5.50. The zero-order valence-corrected chi connectivity index (χ0v) is 8.66. The lowest BCUT2D eigenvalue weighted by Crippen LogP contribution is -2.27. The minimum atomic E-state index is 0.143. The first-order valence-electron chi connectivity index (χ1n) is 5.30. The average Bonchev–Trinajstić information content (AvgIpc) is 2.00. The van der Waals surface area contributed by atoms with Gasteiger partial charge in [-0.1, -0.05) is 18.6 Å². The predicted molar refractivity (Wildman–Crippen MR) is 59.9 cm³/mol. The molecule has 1 aliphatic rings. The molecule has 0 radical (unpaired) electrons. The molecule has 1 aliphatic carbocycles. The lowest BCUT2D eigenvalue weighted by atomic mass is 9.77. The Bertz CT molecular complexity index is 329. The van der Waals surface area contributed by atoms with Crippen LogP contribution in [0.1, 0.15) is 36.4 Å². The van der Waals surface area contributed by atoms with Crippen LogP contribution in [0.25, 0.3) is 0 Å². The van der Waals surface area contributed by atoms with Crippen molar-refractivity contribution in [1.29, 1.82) is 0 Å². The van der Waals surface area contributed by atoms with E-state index in [0.717, 1.165) is 11.3 Å². The molecule has 0 bridgehead atoms. The van der Waals surface area contributed by atoms with Crippen LogP contribution >= 0.6 is 0 Å². The summed E-state index contributed by atoms with van der Waals surface area (Å²) >= 11 is 0. The van der Waals surface area contributed by atoms with Crippen molar-refractivity contribution in [2.75, 3.05) is 5.73 Å². The molecule has 14 heavy (non-hydrogen) atoms. The highest BCUT2D eigenvalue weighted by Gasteiger charge is 2.26. The molecule has 76 valence electrons. The Morgan fingerprint density at radius 1 is 1.36 bits per heavy atom. The molecule has 1 atom stereocenters.